The first kappa shape index (κ1) is 24.1. The van der Waals surface area contributed by atoms with Crippen LogP contribution in [0.2, 0.25) is 0 Å². The molecule has 0 spiro atoms. The van der Waals surface area contributed by atoms with Crippen LogP contribution >= 0.6 is 0 Å². The highest BCUT2D eigenvalue weighted by molar-refractivity contribution is 5.76. The van der Waals surface area contributed by atoms with Gasteiger partial charge >= 0.3 is 18.1 Å². The largest absolute Gasteiger partial charge is 0.493 e. The van der Waals surface area contributed by atoms with Gasteiger partial charge < -0.3 is 25.4 Å². The van der Waals surface area contributed by atoms with E-state index in [9.17, 15) is 37.0 Å². The molecule has 28 heavy (non-hydrogen) atoms. The number of esters is 1. The molecule has 160 valence electrons. The third kappa shape index (κ3) is 6.88. The summed E-state index contributed by atoms with van der Waals surface area (Å²) in [6.45, 7) is 0.772. The summed E-state index contributed by atoms with van der Waals surface area (Å²) in [5.41, 5.74) is 5.98. The normalized spacial score (nSPS) is 15.6. The highest BCUT2D eigenvalue weighted by atomic mass is 19.4. The summed E-state index contributed by atoms with van der Waals surface area (Å²) in [4.78, 5) is 11.5. The van der Waals surface area contributed by atoms with Gasteiger partial charge in [-0.1, -0.05) is 12.1 Å². The van der Waals surface area contributed by atoms with E-state index in [1.54, 1.807) is 6.92 Å². The van der Waals surface area contributed by atoms with E-state index in [2.05, 4.69) is 4.74 Å². The van der Waals surface area contributed by atoms with Crippen LogP contribution in [0.5, 0.6) is 5.75 Å². The van der Waals surface area contributed by atoms with Crippen LogP contribution in [-0.2, 0) is 16.0 Å². The Bertz CT molecular complexity index is 623. The minimum atomic E-state index is -5.64. The van der Waals surface area contributed by atoms with E-state index in [4.69, 9.17) is 10.5 Å². The highest BCUT2D eigenvalue weighted by Gasteiger charge is 2.56. The van der Waals surface area contributed by atoms with Gasteiger partial charge in [0.1, 0.15) is 17.9 Å². The number of nitrogens with two attached hydrogens (primary N) is 1. The Morgan fingerprint density at radius 2 is 1.71 bits per heavy atom. The zero-order valence-corrected chi connectivity index (χ0v) is 15.0. The van der Waals surface area contributed by atoms with E-state index < -0.39 is 49.3 Å². The van der Waals surface area contributed by atoms with Gasteiger partial charge in [-0.15, -0.1) is 0 Å². The SMILES string of the molecule is CCOC(=O)C(N)C(O)C(O)Cc1ccc(OCCC(F)(F)C(F)(F)F)cc1. The molecule has 0 bridgehead atoms. The fourth-order valence-corrected chi connectivity index (χ4v) is 2.14. The van der Waals surface area contributed by atoms with Crippen LogP contribution in [0.4, 0.5) is 22.0 Å². The quantitative estimate of drug-likeness (QED) is 0.398. The Labute approximate surface area is 158 Å². The third-order valence-corrected chi connectivity index (χ3v) is 3.79. The van der Waals surface area contributed by atoms with Gasteiger partial charge in [0.25, 0.3) is 0 Å². The molecule has 0 saturated heterocycles. The van der Waals surface area contributed by atoms with Gasteiger partial charge in [-0.25, -0.2) is 0 Å². The number of carbonyl (C=O) groups excluding carboxylic acids is 1. The lowest BCUT2D eigenvalue weighted by Gasteiger charge is -2.22. The average Bonchev–Trinajstić information content (AvgIpc) is 2.61. The number of halogens is 5. The summed E-state index contributed by atoms with van der Waals surface area (Å²) in [5, 5.41) is 19.9. The fraction of sp³-hybridized carbons (Fsp3) is 0.588. The topological polar surface area (TPSA) is 102 Å². The van der Waals surface area contributed by atoms with E-state index in [1.807, 2.05) is 0 Å². The van der Waals surface area contributed by atoms with Crippen LogP contribution in [0.1, 0.15) is 18.9 Å². The van der Waals surface area contributed by atoms with Crippen LogP contribution in [0.15, 0.2) is 24.3 Å². The molecule has 6 nitrogen and oxygen atoms in total. The number of aliphatic hydroxyl groups excluding tert-OH is 2. The van der Waals surface area contributed by atoms with Crippen molar-refractivity contribution in [3.8, 4) is 5.75 Å². The van der Waals surface area contributed by atoms with Crippen molar-refractivity contribution >= 4 is 5.97 Å². The molecule has 0 aliphatic rings. The Balaban J connectivity index is 2.55. The lowest BCUT2D eigenvalue weighted by molar-refractivity contribution is -0.285. The molecule has 0 radical (unpaired) electrons. The minimum absolute atomic E-state index is 0.0555. The summed E-state index contributed by atoms with van der Waals surface area (Å²) < 4.78 is 71.3. The fourth-order valence-electron chi connectivity index (χ4n) is 2.14. The van der Waals surface area contributed by atoms with E-state index in [0.29, 0.717) is 5.56 Å². The number of hydrogen-bond acceptors (Lipinski definition) is 6. The Kier molecular flexibility index (Phi) is 8.58. The summed E-state index contributed by atoms with van der Waals surface area (Å²) in [6.07, 6.45) is -10.2. The molecule has 3 unspecified atom stereocenters. The van der Waals surface area contributed by atoms with Crippen LogP contribution in [0.3, 0.4) is 0 Å². The summed E-state index contributed by atoms with van der Waals surface area (Å²) in [6, 6.07) is 4.02. The average molecular weight is 415 g/mol. The van der Waals surface area contributed by atoms with Crippen molar-refractivity contribution in [1.82, 2.24) is 0 Å². The van der Waals surface area contributed by atoms with Crippen molar-refractivity contribution in [2.75, 3.05) is 13.2 Å². The van der Waals surface area contributed by atoms with Crippen molar-refractivity contribution in [1.29, 1.82) is 0 Å². The van der Waals surface area contributed by atoms with Gasteiger partial charge in [0.05, 0.1) is 25.7 Å². The van der Waals surface area contributed by atoms with Gasteiger partial charge in [0.15, 0.2) is 0 Å². The maximum Gasteiger partial charge on any atom is 0.453 e. The maximum atomic E-state index is 12.8. The van der Waals surface area contributed by atoms with Gasteiger partial charge in [0, 0.05) is 6.42 Å². The van der Waals surface area contributed by atoms with E-state index in [-0.39, 0.29) is 18.8 Å². The van der Waals surface area contributed by atoms with E-state index in [1.165, 1.54) is 24.3 Å². The van der Waals surface area contributed by atoms with Crippen molar-refractivity contribution in [2.45, 2.75) is 50.1 Å². The summed E-state index contributed by atoms with van der Waals surface area (Å²) >= 11 is 0. The molecule has 0 aliphatic heterocycles. The standard InChI is InChI=1S/C17H22F5NO5/c1-2-27-15(26)13(23)14(25)12(24)9-10-3-5-11(6-4-10)28-8-7-16(18,19)17(20,21)22/h3-6,12-14,24-25H,2,7-9,23H2,1H3. The highest BCUT2D eigenvalue weighted by Crippen LogP contribution is 2.37. The second kappa shape index (κ2) is 9.99. The maximum absolute atomic E-state index is 12.8. The number of rotatable bonds is 10. The zero-order valence-electron chi connectivity index (χ0n) is 15.0. The van der Waals surface area contributed by atoms with Crippen LogP contribution < -0.4 is 10.5 Å². The molecule has 3 atom stereocenters. The van der Waals surface area contributed by atoms with E-state index in [0.717, 1.165) is 0 Å². The number of hydrogen-bond donors (Lipinski definition) is 3. The second-order valence-electron chi connectivity index (χ2n) is 5.98. The van der Waals surface area contributed by atoms with Gasteiger partial charge in [-0.3, -0.25) is 4.79 Å². The smallest absolute Gasteiger partial charge is 0.453 e. The van der Waals surface area contributed by atoms with E-state index >= 15 is 0 Å². The predicted octanol–water partition coefficient (Wildman–Crippen LogP) is 1.81. The molecular weight excluding hydrogens is 393 g/mol. The Hall–Kier alpha value is -1.98. The molecule has 4 N–H and O–H groups in total. The molecule has 0 amide bonds. The van der Waals surface area contributed by atoms with Crippen molar-refractivity contribution < 1.29 is 46.4 Å². The molecule has 1 aromatic carbocycles. The van der Waals surface area contributed by atoms with Crippen LogP contribution in [0.25, 0.3) is 0 Å². The van der Waals surface area contributed by atoms with Gasteiger partial charge in [-0.2, -0.15) is 22.0 Å². The monoisotopic (exact) mass is 415 g/mol. The molecule has 1 rings (SSSR count). The predicted molar refractivity (Wildman–Crippen MR) is 87.9 cm³/mol. The zero-order chi connectivity index (χ0) is 21.5. The first-order valence-corrected chi connectivity index (χ1v) is 8.33. The summed E-state index contributed by atoms with van der Waals surface area (Å²) in [5.74, 6) is -5.65. The number of ether oxygens (including phenoxy) is 2. The van der Waals surface area contributed by atoms with Crippen molar-refractivity contribution in [3.05, 3.63) is 29.8 Å². The third-order valence-electron chi connectivity index (χ3n) is 3.79. The number of aliphatic hydroxyl groups is 2. The molecule has 1 aromatic rings. The van der Waals surface area contributed by atoms with Crippen LogP contribution in [0, 0.1) is 0 Å². The Morgan fingerprint density at radius 3 is 2.21 bits per heavy atom. The Morgan fingerprint density at radius 1 is 1.14 bits per heavy atom. The van der Waals surface area contributed by atoms with Gasteiger partial charge in [-0.05, 0) is 24.6 Å². The van der Waals surface area contributed by atoms with Crippen LogP contribution in [-0.4, -0.2) is 59.7 Å². The molecule has 0 aliphatic carbocycles. The van der Waals surface area contributed by atoms with Crippen molar-refractivity contribution in [3.63, 3.8) is 0 Å². The molecular formula is C17H22F5NO5. The first-order chi connectivity index (χ1) is 12.9. The summed E-state index contributed by atoms with van der Waals surface area (Å²) in [7, 11) is 0. The second-order valence-corrected chi connectivity index (χ2v) is 5.98. The molecule has 11 heteroatoms. The number of benzene rings is 1. The molecule has 0 fully saturated rings. The number of alkyl halides is 5. The first-order valence-electron chi connectivity index (χ1n) is 8.33. The number of carbonyl (C=O) groups is 1. The molecule has 0 aromatic heterocycles. The molecule has 0 heterocycles. The minimum Gasteiger partial charge on any atom is -0.493 e. The van der Waals surface area contributed by atoms with Crippen molar-refractivity contribution in [2.24, 2.45) is 5.73 Å². The lowest BCUT2D eigenvalue weighted by Crippen LogP contribution is -2.49. The lowest BCUT2D eigenvalue weighted by atomic mass is 9.99. The molecule has 0 saturated carbocycles. The van der Waals surface area contributed by atoms with Gasteiger partial charge in [0.2, 0.25) is 0 Å².